The number of hydrogen-bond acceptors (Lipinski definition) is 9. The third kappa shape index (κ3) is 11.9. The molecule has 2 rings (SSSR count). The van der Waals surface area contributed by atoms with Gasteiger partial charge in [0.2, 0.25) is 17.7 Å². The fraction of sp³-hybridized carbons (Fsp3) is 0.647. The maximum atomic E-state index is 13.0. The lowest BCUT2D eigenvalue weighted by Crippen LogP contribution is -2.45. The van der Waals surface area contributed by atoms with Gasteiger partial charge in [0, 0.05) is 24.4 Å². The predicted molar refractivity (Wildman–Crippen MR) is 171 cm³/mol. The quantitative estimate of drug-likeness (QED) is 0.159. The number of hydrogen-bond donors (Lipinski definition) is 2. The number of carbonyl (C=O) groups excluding carboxylic acids is 6. The zero-order valence-corrected chi connectivity index (χ0v) is 28.7. The summed E-state index contributed by atoms with van der Waals surface area (Å²) in [5, 5.41) is 5.36. The summed E-state index contributed by atoms with van der Waals surface area (Å²) in [6.07, 6.45) is -0.695. The minimum Gasteiger partial charge on any atom is -0.460 e. The molecule has 0 radical (unpaired) electrons. The molecule has 12 nitrogen and oxygen atoms in total. The van der Waals surface area contributed by atoms with Crippen LogP contribution in [0.3, 0.4) is 0 Å². The van der Waals surface area contributed by atoms with E-state index in [1.165, 1.54) is 4.90 Å². The van der Waals surface area contributed by atoms with E-state index < -0.39 is 23.5 Å². The highest BCUT2D eigenvalue weighted by Crippen LogP contribution is 2.35. The van der Waals surface area contributed by atoms with Crippen molar-refractivity contribution >= 4 is 41.3 Å². The van der Waals surface area contributed by atoms with E-state index in [1.807, 2.05) is 20.8 Å². The van der Waals surface area contributed by atoms with Crippen molar-refractivity contribution in [3.8, 4) is 0 Å². The van der Waals surface area contributed by atoms with Crippen LogP contribution in [0.15, 0.2) is 24.3 Å². The van der Waals surface area contributed by atoms with Crippen LogP contribution in [-0.4, -0.2) is 72.9 Å². The highest BCUT2D eigenvalue weighted by atomic mass is 16.6. The second kappa shape index (κ2) is 16.7. The van der Waals surface area contributed by atoms with Gasteiger partial charge >= 0.3 is 12.1 Å². The van der Waals surface area contributed by atoms with E-state index in [9.17, 15) is 28.8 Å². The van der Waals surface area contributed by atoms with Crippen molar-refractivity contribution in [3.63, 3.8) is 0 Å². The minimum atomic E-state index is -0.860. The van der Waals surface area contributed by atoms with Crippen molar-refractivity contribution in [1.29, 1.82) is 0 Å². The molecule has 1 aliphatic heterocycles. The summed E-state index contributed by atoms with van der Waals surface area (Å²) in [6.45, 7) is 16.6. The number of amides is 4. The lowest BCUT2D eigenvalue weighted by Gasteiger charge is -2.24. The van der Waals surface area contributed by atoms with E-state index in [1.54, 1.807) is 65.8 Å². The predicted octanol–water partition coefficient (Wildman–Crippen LogP) is 4.50. The molecule has 256 valence electrons. The molecule has 1 fully saturated rings. The van der Waals surface area contributed by atoms with Crippen LogP contribution < -0.4 is 10.6 Å². The third-order valence-electron chi connectivity index (χ3n) is 7.65. The van der Waals surface area contributed by atoms with Gasteiger partial charge in [-0.05, 0) is 49.8 Å². The topological polar surface area (TPSA) is 157 Å². The number of imide groups is 1. The number of ether oxygens (including phenoxy) is 3. The van der Waals surface area contributed by atoms with Gasteiger partial charge in [0.15, 0.2) is 5.78 Å². The van der Waals surface area contributed by atoms with Gasteiger partial charge in [0.05, 0.1) is 37.1 Å². The SMILES string of the molecule is CC(C)[C@H](NC(=O)OCCOCCN1C(=O)CC(C(C)(C)C)C1=O)C(=O)C[C@@H](C)C(=O)Nc1ccc(COC(=O)C(C)(C)C)cc1. The molecular weight excluding hydrogens is 594 g/mol. The summed E-state index contributed by atoms with van der Waals surface area (Å²) in [5.74, 6) is -2.65. The first kappa shape index (κ1) is 38.4. The van der Waals surface area contributed by atoms with Crippen molar-refractivity contribution in [2.75, 3.05) is 31.7 Å². The number of Topliss-reactive ketones (excluding diaryl/α,β-unsaturated/α-hetero) is 1. The zero-order chi connectivity index (χ0) is 34.8. The molecule has 1 heterocycles. The molecule has 0 saturated carbocycles. The number of anilines is 1. The summed E-state index contributed by atoms with van der Waals surface area (Å²) in [6, 6.07) is 6.02. The van der Waals surface area contributed by atoms with Crippen LogP contribution in [0.2, 0.25) is 0 Å². The third-order valence-corrected chi connectivity index (χ3v) is 7.65. The molecule has 1 aliphatic rings. The van der Waals surface area contributed by atoms with Crippen LogP contribution in [0.4, 0.5) is 10.5 Å². The van der Waals surface area contributed by atoms with Crippen LogP contribution in [-0.2, 0) is 44.8 Å². The number of carbonyl (C=O) groups is 6. The molecule has 12 heteroatoms. The zero-order valence-electron chi connectivity index (χ0n) is 28.7. The fourth-order valence-corrected chi connectivity index (χ4v) is 4.67. The lowest BCUT2D eigenvalue weighted by atomic mass is 9.80. The molecule has 3 atom stereocenters. The highest BCUT2D eigenvalue weighted by Gasteiger charge is 2.44. The fourth-order valence-electron chi connectivity index (χ4n) is 4.67. The first-order valence-corrected chi connectivity index (χ1v) is 15.8. The number of benzene rings is 1. The molecule has 0 aliphatic carbocycles. The summed E-state index contributed by atoms with van der Waals surface area (Å²) < 4.78 is 15.9. The molecule has 1 saturated heterocycles. The van der Waals surface area contributed by atoms with E-state index >= 15 is 0 Å². The van der Waals surface area contributed by atoms with Crippen LogP contribution in [0, 0.1) is 28.6 Å². The van der Waals surface area contributed by atoms with Gasteiger partial charge in [0.25, 0.3) is 0 Å². The second-order valence-electron chi connectivity index (χ2n) is 14.2. The van der Waals surface area contributed by atoms with Gasteiger partial charge < -0.3 is 24.8 Å². The first-order valence-electron chi connectivity index (χ1n) is 15.8. The van der Waals surface area contributed by atoms with Crippen molar-refractivity contribution in [1.82, 2.24) is 10.2 Å². The molecule has 1 aromatic carbocycles. The summed E-state index contributed by atoms with van der Waals surface area (Å²) in [5.41, 5.74) is 0.405. The molecule has 0 spiro atoms. The summed E-state index contributed by atoms with van der Waals surface area (Å²) >= 11 is 0. The Labute approximate surface area is 272 Å². The Kier molecular flexibility index (Phi) is 13.9. The lowest BCUT2D eigenvalue weighted by molar-refractivity contribution is -0.154. The molecule has 0 aromatic heterocycles. The van der Waals surface area contributed by atoms with Crippen molar-refractivity contribution in [2.24, 2.45) is 28.6 Å². The van der Waals surface area contributed by atoms with Crippen LogP contribution in [0.1, 0.15) is 80.7 Å². The second-order valence-corrected chi connectivity index (χ2v) is 14.2. The Bertz CT molecular complexity index is 1250. The summed E-state index contributed by atoms with van der Waals surface area (Å²) in [4.78, 5) is 76.2. The number of nitrogens with zero attached hydrogens (tertiary/aromatic N) is 1. The number of esters is 1. The maximum absolute atomic E-state index is 13.0. The van der Waals surface area contributed by atoms with Gasteiger partial charge in [-0.15, -0.1) is 0 Å². The van der Waals surface area contributed by atoms with Crippen molar-refractivity contribution < 1.29 is 43.0 Å². The standard InChI is InChI=1S/C34H51N3O9/c1-21(2)28(36-32(43)45-17-16-44-15-14-37-27(39)19-25(30(37)41)33(4,5)6)26(38)18-22(3)29(40)35-24-12-10-23(11-13-24)20-46-31(42)34(7,8)9/h10-13,21-22,25,28H,14-20H2,1-9H3,(H,35,40)(H,36,43)/t22-,25?,28+/m1/s1. The van der Waals surface area contributed by atoms with E-state index in [0.717, 1.165) is 5.56 Å². The number of rotatable bonds is 15. The monoisotopic (exact) mass is 645 g/mol. The molecule has 46 heavy (non-hydrogen) atoms. The van der Waals surface area contributed by atoms with Crippen molar-refractivity contribution in [2.45, 2.75) is 87.8 Å². The number of nitrogens with one attached hydrogen (secondary N) is 2. The Hall–Kier alpha value is -3.80. The average molecular weight is 646 g/mol. The van der Waals surface area contributed by atoms with Gasteiger partial charge in [0.1, 0.15) is 13.2 Å². The summed E-state index contributed by atoms with van der Waals surface area (Å²) in [7, 11) is 0. The largest absolute Gasteiger partial charge is 0.460 e. The molecule has 1 aromatic rings. The smallest absolute Gasteiger partial charge is 0.407 e. The molecule has 0 bridgehead atoms. The van der Waals surface area contributed by atoms with Crippen LogP contribution in [0.5, 0.6) is 0 Å². The number of ketones is 1. The molecule has 2 N–H and O–H groups in total. The minimum absolute atomic E-state index is 0.0485. The maximum Gasteiger partial charge on any atom is 0.407 e. The normalized spacial score (nSPS) is 16.7. The van der Waals surface area contributed by atoms with Gasteiger partial charge in [-0.25, -0.2) is 4.79 Å². The van der Waals surface area contributed by atoms with E-state index in [4.69, 9.17) is 14.2 Å². The highest BCUT2D eigenvalue weighted by molar-refractivity contribution is 6.04. The van der Waals surface area contributed by atoms with Gasteiger partial charge in [-0.1, -0.05) is 53.7 Å². The number of likely N-dealkylation sites (tertiary alicyclic amines) is 1. The van der Waals surface area contributed by atoms with Crippen molar-refractivity contribution in [3.05, 3.63) is 29.8 Å². The molecule has 4 amide bonds. The van der Waals surface area contributed by atoms with E-state index in [0.29, 0.717) is 5.69 Å². The first-order chi connectivity index (χ1) is 21.3. The van der Waals surface area contributed by atoms with Crippen LogP contribution in [0.25, 0.3) is 0 Å². The Morgan fingerprint density at radius 2 is 1.54 bits per heavy atom. The van der Waals surface area contributed by atoms with E-state index in [-0.39, 0.29) is 92.5 Å². The Morgan fingerprint density at radius 1 is 0.913 bits per heavy atom. The molecular formula is C34H51N3O9. The Balaban J connectivity index is 1.74. The number of alkyl carbamates (subject to hydrolysis) is 1. The van der Waals surface area contributed by atoms with Gasteiger partial charge in [-0.3, -0.25) is 28.9 Å². The Morgan fingerprint density at radius 3 is 2.09 bits per heavy atom. The average Bonchev–Trinajstić information content (AvgIpc) is 3.25. The van der Waals surface area contributed by atoms with Gasteiger partial charge in [-0.2, -0.15) is 0 Å². The van der Waals surface area contributed by atoms with E-state index in [2.05, 4.69) is 10.6 Å². The molecule has 1 unspecified atom stereocenters. The van der Waals surface area contributed by atoms with Crippen LogP contribution >= 0.6 is 0 Å².